The Morgan fingerprint density at radius 2 is 2.24 bits per heavy atom. The number of rotatable bonds is 3. The number of hydrogen-bond donors (Lipinski definition) is 2. The number of nitrogens with one attached hydrogen (secondary N) is 1. The van der Waals surface area contributed by atoms with Gasteiger partial charge < -0.3 is 14.6 Å². The van der Waals surface area contributed by atoms with Gasteiger partial charge in [-0.3, -0.25) is 0 Å². The molecule has 1 heterocycles. The van der Waals surface area contributed by atoms with Gasteiger partial charge in [0, 0.05) is 12.1 Å². The minimum Gasteiger partial charge on any atom is -0.507 e. The van der Waals surface area contributed by atoms with Crippen molar-refractivity contribution in [1.82, 2.24) is 4.72 Å². The normalized spacial score (nSPS) is 18.6. The number of aromatic hydroxyl groups is 1. The number of hydrogen-bond acceptors (Lipinski definition) is 5. The summed E-state index contributed by atoms with van der Waals surface area (Å²) in [5.41, 5.74) is 0.441. The van der Waals surface area contributed by atoms with Gasteiger partial charge in [-0.15, -0.1) is 0 Å². The molecule has 0 aliphatic carbocycles. The quantitative estimate of drug-likeness (QED) is 0.820. The summed E-state index contributed by atoms with van der Waals surface area (Å²) in [6.07, 6.45) is 1.06. The second-order valence-corrected chi connectivity index (χ2v) is 5.59. The second-order valence-electron chi connectivity index (χ2n) is 3.81. The fourth-order valence-electron chi connectivity index (χ4n) is 1.78. The first-order valence-electron chi connectivity index (χ1n) is 4.91. The highest BCUT2D eigenvalue weighted by Crippen LogP contribution is 2.42. The van der Waals surface area contributed by atoms with Crippen LogP contribution in [0.15, 0.2) is 12.1 Å². The lowest BCUT2D eigenvalue weighted by atomic mass is 10.1. The fraction of sp³-hybridized carbons (Fsp3) is 0.400. The maximum atomic E-state index is 11.2. The Hall–Kier alpha value is -1.47. The number of phenols is 1. The SMILES string of the molecule is COc1cc(O)c2c(c1)OCC2NS(C)(=O)=O. The van der Waals surface area contributed by atoms with Crippen LogP contribution in [0.3, 0.4) is 0 Å². The highest BCUT2D eigenvalue weighted by molar-refractivity contribution is 7.88. The molecule has 2 N–H and O–H groups in total. The van der Waals surface area contributed by atoms with Crippen molar-refractivity contribution in [2.24, 2.45) is 0 Å². The van der Waals surface area contributed by atoms with Gasteiger partial charge in [0.2, 0.25) is 10.0 Å². The molecular formula is C10H13NO5S. The van der Waals surface area contributed by atoms with E-state index in [-0.39, 0.29) is 12.4 Å². The zero-order valence-corrected chi connectivity index (χ0v) is 10.2. The molecule has 0 radical (unpaired) electrons. The van der Waals surface area contributed by atoms with Gasteiger partial charge in [-0.2, -0.15) is 0 Å². The van der Waals surface area contributed by atoms with Gasteiger partial charge in [-0.25, -0.2) is 13.1 Å². The molecule has 1 aromatic rings. The average Bonchev–Trinajstić information content (AvgIpc) is 2.59. The van der Waals surface area contributed by atoms with Crippen molar-refractivity contribution in [3.05, 3.63) is 17.7 Å². The van der Waals surface area contributed by atoms with Gasteiger partial charge in [-0.05, 0) is 0 Å². The van der Waals surface area contributed by atoms with E-state index in [2.05, 4.69) is 4.72 Å². The van der Waals surface area contributed by atoms with E-state index in [0.29, 0.717) is 17.1 Å². The summed E-state index contributed by atoms with van der Waals surface area (Å²) in [4.78, 5) is 0. The minimum absolute atomic E-state index is 0.0435. The maximum Gasteiger partial charge on any atom is 0.209 e. The molecule has 0 amide bonds. The molecule has 1 aliphatic heterocycles. The molecule has 1 unspecified atom stereocenters. The van der Waals surface area contributed by atoms with Gasteiger partial charge in [0.25, 0.3) is 0 Å². The Kier molecular flexibility index (Phi) is 2.88. The lowest BCUT2D eigenvalue weighted by Crippen LogP contribution is -2.28. The van der Waals surface area contributed by atoms with E-state index in [0.717, 1.165) is 6.26 Å². The molecule has 7 heteroatoms. The van der Waals surface area contributed by atoms with Gasteiger partial charge in [0.15, 0.2) is 0 Å². The van der Waals surface area contributed by atoms with Crippen LogP contribution in [-0.4, -0.2) is 33.5 Å². The van der Waals surface area contributed by atoms with Crippen LogP contribution >= 0.6 is 0 Å². The number of benzene rings is 1. The lowest BCUT2D eigenvalue weighted by molar-refractivity contribution is 0.323. The molecule has 1 aliphatic rings. The van der Waals surface area contributed by atoms with Crippen LogP contribution in [0.2, 0.25) is 0 Å². The summed E-state index contributed by atoms with van der Waals surface area (Å²) >= 11 is 0. The van der Waals surface area contributed by atoms with Crippen LogP contribution in [0.1, 0.15) is 11.6 Å². The molecule has 0 saturated carbocycles. The van der Waals surface area contributed by atoms with E-state index in [4.69, 9.17) is 9.47 Å². The van der Waals surface area contributed by atoms with Crippen LogP contribution in [-0.2, 0) is 10.0 Å². The smallest absolute Gasteiger partial charge is 0.209 e. The van der Waals surface area contributed by atoms with Gasteiger partial charge >= 0.3 is 0 Å². The first-order chi connectivity index (χ1) is 7.90. The molecule has 0 spiro atoms. The number of sulfonamides is 1. The Morgan fingerprint density at radius 3 is 2.82 bits per heavy atom. The van der Waals surface area contributed by atoms with Crippen molar-refractivity contribution in [3.63, 3.8) is 0 Å². The van der Waals surface area contributed by atoms with E-state index in [1.807, 2.05) is 0 Å². The summed E-state index contributed by atoms with van der Waals surface area (Å²) in [5, 5.41) is 9.82. The molecule has 0 saturated heterocycles. The molecule has 6 nitrogen and oxygen atoms in total. The highest BCUT2D eigenvalue weighted by atomic mass is 32.2. The fourth-order valence-corrected chi connectivity index (χ4v) is 2.49. The molecule has 17 heavy (non-hydrogen) atoms. The van der Waals surface area contributed by atoms with E-state index in [1.165, 1.54) is 13.2 Å². The molecule has 94 valence electrons. The van der Waals surface area contributed by atoms with E-state index < -0.39 is 16.1 Å². The molecule has 1 atom stereocenters. The van der Waals surface area contributed by atoms with Crippen molar-refractivity contribution in [2.75, 3.05) is 20.0 Å². The van der Waals surface area contributed by atoms with Crippen molar-refractivity contribution in [2.45, 2.75) is 6.04 Å². The average molecular weight is 259 g/mol. The van der Waals surface area contributed by atoms with Gasteiger partial charge in [0.05, 0.1) is 25.0 Å². The summed E-state index contributed by atoms with van der Waals surface area (Å²) in [5.74, 6) is 0.849. The third-order valence-corrected chi connectivity index (χ3v) is 3.15. The zero-order chi connectivity index (χ0) is 12.6. The minimum atomic E-state index is -3.36. The topological polar surface area (TPSA) is 84.9 Å². The molecule has 0 fully saturated rings. The number of fused-ring (bicyclic) bond motifs is 1. The molecule has 1 aromatic carbocycles. The predicted octanol–water partition coefficient (Wildman–Crippen LogP) is 0.383. The van der Waals surface area contributed by atoms with E-state index >= 15 is 0 Å². The third-order valence-electron chi connectivity index (χ3n) is 2.44. The van der Waals surface area contributed by atoms with E-state index in [9.17, 15) is 13.5 Å². The monoisotopic (exact) mass is 259 g/mol. The van der Waals surface area contributed by atoms with Gasteiger partial charge in [-0.1, -0.05) is 0 Å². The molecular weight excluding hydrogens is 246 g/mol. The Labute approximate surface area is 99.2 Å². The standard InChI is InChI=1S/C10H13NO5S/c1-15-6-3-8(12)10-7(11-17(2,13)14)5-16-9(10)4-6/h3-4,7,11-12H,5H2,1-2H3. The first kappa shape index (κ1) is 12.0. The first-order valence-corrected chi connectivity index (χ1v) is 6.81. The largest absolute Gasteiger partial charge is 0.507 e. The van der Waals surface area contributed by atoms with E-state index in [1.54, 1.807) is 6.07 Å². The number of phenolic OH excluding ortho intramolecular Hbond substituents is 1. The second kappa shape index (κ2) is 4.08. The molecule has 2 rings (SSSR count). The summed E-state index contributed by atoms with van der Waals surface area (Å²) in [6.45, 7) is 0.156. The third kappa shape index (κ3) is 2.45. The van der Waals surface area contributed by atoms with Crippen molar-refractivity contribution < 1.29 is 23.0 Å². The summed E-state index contributed by atoms with van der Waals surface area (Å²) < 4.78 is 35.0. The lowest BCUT2D eigenvalue weighted by Gasteiger charge is -2.11. The Balaban J connectivity index is 2.38. The van der Waals surface area contributed by atoms with Gasteiger partial charge in [0.1, 0.15) is 23.9 Å². The maximum absolute atomic E-state index is 11.2. The van der Waals surface area contributed by atoms with Crippen molar-refractivity contribution in [1.29, 1.82) is 0 Å². The van der Waals surface area contributed by atoms with Crippen LogP contribution in [0, 0.1) is 0 Å². The summed E-state index contributed by atoms with van der Waals surface area (Å²) in [7, 11) is -1.88. The zero-order valence-electron chi connectivity index (χ0n) is 9.43. The number of ether oxygens (including phenoxy) is 2. The van der Waals surface area contributed by atoms with Crippen LogP contribution in [0.4, 0.5) is 0 Å². The Bertz CT molecular complexity index is 540. The van der Waals surface area contributed by atoms with Crippen LogP contribution < -0.4 is 14.2 Å². The Morgan fingerprint density at radius 1 is 1.53 bits per heavy atom. The molecule has 0 bridgehead atoms. The number of methoxy groups -OCH3 is 1. The summed E-state index contributed by atoms with van der Waals surface area (Å²) in [6, 6.07) is 2.47. The highest BCUT2D eigenvalue weighted by Gasteiger charge is 2.30. The van der Waals surface area contributed by atoms with Crippen molar-refractivity contribution in [3.8, 4) is 17.2 Å². The predicted molar refractivity (Wildman–Crippen MR) is 60.9 cm³/mol. The molecule has 0 aromatic heterocycles. The van der Waals surface area contributed by atoms with Crippen LogP contribution in [0.5, 0.6) is 17.2 Å². The van der Waals surface area contributed by atoms with Crippen molar-refractivity contribution >= 4 is 10.0 Å². The van der Waals surface area contributed by atoms with Crippen LogP contribution in [0.25, 0.3) is 0 Å².